The number of thiazole rings is 1. The Bertz CT molecular complexity index is 1050. The van der Waals surface area contributed by atoms with E-state index in [-0.39, 0.29) is 18.9 Å². The normalized spacial score (nSPS) is 22.3. The van der Waals surface area contributed by atoms with E-state index in [1.165, 1.54) is 11.3 Å². The number of benzene rings is 1. The molecular weight excluding hydrogens is 392 g/mol. The first-order valence-corrected chi connectivity index (χ1v) is 10.2. The number of hydrogen-bond acceptors (Lipinski definition) is 7. The molecule has 2 aromatic rings. The van der Waals surface area contributed by atoms with Crippen molar-refractivity contribution in [3.05, 3.63) is 33.6 Å². The number of aromatic nitrogens is 1. The van der Waals surface area contributed by atoms with Crippen molar-refractivity contribution in [1.82, 2.24) is 10.3 Å². The monoisotopic (exact) mass is 412 g/mol. The number of ether oxygens (including phenoxy) is 2. The van der Waals surface area contributed by atoms with Gasteiger partial charge in [0.15, 0.2) is 0 Å². The molecule has 1 fully saturated rings. The maximum atomic E-state index is 12.2. The number of rotatable bonds is 2. The average molecular weight is 412 g/mol. The van der Waals surface area contributed by atoms with Gasteiger partial charge in [-0.05, 0) is 25.1 Å². The molecule has 1 aromatic heterocycles. The summed E-state index contributed by atoms with van der Waals surface area (Å²) in [7, 11) is 0. The van der Waals surface area contributed by atoms with Gasteiger partial charge in [-0.25, -0.2) is 9.78 Å². The minimum Gasteiger partial charge on any atom is -0.492 e. The summed E-state index contributed by atoms with van der Waals surface area (Å²) in [6.07, 6.45) is 0.254. The highest BCUT2D eigenvalue weighted by molar-refractivity contribution is 7.14. The lowest BCUT2D eigenvalue weighted by Gasteiger charge is -2.10. The van der Waals surface area contributed by atoms with Crippen molar-refractivity contribution in [2.24, 2.45) is 0 Å². The summed E-state index contributed by atoms with van der Waals surface area (Å²) < 4.78 is 11.0. The fourth-order valence-corrected chi connectivity index (χ4v) is 4.27. The molecule has 0 saturated carbocycles. The molecule has 0 bridgehead atoms. The molecule has 2 N–H and O–H groups in total. The first-order chi connectivity index (χ1) is 13.9. The van der Waals surface area contributed by atoms with Crippen LogP contribution in [-0.4, -0.2) is 47.3 Å². The summed E-state index contributed by atoms with van der Waals surface area (Å²) in [6.45, 7) is 4.93. The van der Waals surface area contributed by atoms with E-state index in [4.69, 9.17) is 9.47 Å². The largest absolute Gasteiger partial charge is 0.492 e. The minimum absolute atomic E-state index is 0.0653. The molecule has 0 radical (unpaired) electrons. The Balaban J connectivity index is 1.75. The van der Waals surface area contributed by atoms with Crippen LogP contribution in [0.1, 0.15) is 46.4 Å². The number of hydrogen-bond donors (Lipinski definition) is 2. The number of esters is 1. The minimum atomic E-state index is -1.67. The van der Waals surface area contributed by atoms with Crippen LogP contribution in [-0.2, 0) is 9.53 Å². The van der Waals surface area contributed by atoms with E-state index in [1.807, 2.05) is 13.0 Å². The van der Waals surface area contributed by atoms with Crippen LogP contribution in [0.25, 0.3) is 11.3 Å². The number of aliphatic hydroxyl groups is 1. The van der Waals surface area contributed by atoms with E-state index in [1.54, 1.807) is 19.1 Å². The Hall–Kier alpha value is -2.89. The predicted octanol–water partition coefficient (Wildman–Crippen LogP) is 2.09. The van der Waals surface area contributed by atoms with Crippen molar-refractivity contribution in [3.63, 3.8) is 0 Å². The molecule has 1 amide bonds. The lowest BCUT2D eigenvalue weighted by molar-refractivity contribution is -0.130. The van der Waals surface area contributed by atoms with Crippen molar-refractivity contribution in [3.8, 4) is 28.8 Å². The van der Waals surface area contributed by atoms with Crippen LogP contribution in [0.2, 0.25) is 0 Å². The smallest absolute Gasteiger partial charge is 0.367 e. The van der Waals surface area contributed by atoms with Gasteiger partial charge in [0, 0.05) is 34.9 Å². The number of nitrogens with zero attached hydrogens (tertiary/aromatic N) is 1. The molecule has 1 aromatic carbocycles. The van der Waals surface area contributed by atoms with E-state index in [0.717, 1.165) is 10.4 Å². The summed E-state index contributed by atoms with van der Waals surface area (Å²) >= 11 is 1.31. The zero-order valence-corrected chi connectivity index (χ0v) is 16.9. The van der Waals surface area contributed by atoms with E-state index in [2.05, 4.69) is 22.1 Å². The number of nitrogens with one attached hydrogen (secondary N) is 1. The Morgan fingerprint density at radius 3 is 3.07 bits per heavy atom. The average Bonchev–Trinajstić information content (AvgIpc) is 3.26. The third kappa shape index (κ3) is 3.59. The third-order valence-corrected chi connectivity index (χ3v) is 6.10. The van der Waals surface area contributed by atoms with E-state index in [0.29, 0.717) is 35.2 Å². The van der Waals surface area contributed by atoms with E-state index < -0.39 is 17.5 Å². The Labute approximate surface area is 172 Å². The van der Waals surface area contributed by atoms with Gasteiger partial charge in [0.1, 0.15) is 5.75 Å². The molecule has 3 heterocycles. The number of carbonyl (C=O) groups is 2. The molecule has 29 heavy (non-hydrogen) atoms. The fraction of sp³-hybridized carbons (Fsp3) is 0.381. The maximum absolute atomic E-state index is 12.2. The van der Waals surface area contributed by atoms with Crippen molar-refractivity contribution in [1.29, 1.82) is 0 Å². The fourth-order valence-electron chi connectivity index (χ4n) is 3.26. The van der Waals surface area contributed by atoms with Crippen LogP contribution >= 0.6 is 11.3 Å². The molecule has 0 aliphatic carbocycles. The van der Waals surface area contributed by atoms with Gasteiger partial charge in [0.05, 0.1) is 18.9 Å². The number of carbonyl (C=O) groups excluding carboxylic acids is 2. The predicted molar refractivity (Wildman–Crippen MR) is 107 cm³/mol. The quantitative estimate of drug-likeness (QED) is 0.579. The van der Waals surface area contributed by atoms with Crippen LogP contribution in [0, 0.1) is 11.8 Å². The molecule has 1 unspecified atom stereocenters. The SMILES string of the molecule is CCOC(=O)c1nc2c(s1)C(C)COc1ccc(C#C[C@]3(O)CCNC3=O)cc1-2. The lowest BCUT2D eigenvalue weighted by Crippen LogP contribution is -2.36. The summed E-state index contributed by atoms with van der Waals surface area (Å²) in [6, 6.07) is 5.38. The number of fused-ring (bicyclic) bond motifs is 3. The van der Waals surface area contributed by atoms with Crippen LogP contribution < -0.4 is 10.1 Å². The second kappa shape index (κ2) is 7.50. The molecule has 8 heteroatoms. The third-order valence-electron chi connectivity index (χ3n) is 4.84. The van der Waals surface area contributed by atoms with Gasteiger partial charge in [-0.3, -0.25) is 4.79 Å². The van der Waals surface area contributed by atoms with Crippen LogP contribution in [0.15, 0.2) is 18.2 Å². The first kappa shape index (κ1) is 19.4. The number of amides is 1. The molecule has 150 valence electrons. The summed E-state index contributed by atoms with van der Waals surface area (Å²) in [5.74, 6) is 5.37. The van der Waals surface area contributed by atoms with Crippen LogP contribution in [0.3, 0.4) is 0 Å². The molecule has 2 aliphatic rings. The van der Waals surface area contributed by atoms with Crippen molar-refractivity contribution >= 4 is 23.2 Å². The van der Waals surface area contributed by atoms with E-state index in [9.17, 15) is 14.7 Å². The lowest BCUT2D eigenvalue weighted by atomic mass is 10.0. The molecule has 7 nitrogen and oxygen atoms in total. The summed E-state index contributed by atoms with van der Waals surface area (Å²) in [5, 5.41) is 13.2. The van der Waals surface area contributed by atoms with Gasteiger partial charge in [-0.2, -0.15) is 0 Å². The zero-order valence-electron chi connectivity index (χ0n) is 16.1. The van der Waals surface area contributed by atoms with Gasteiger partial charge < -0.3 is 19.9 Å². The van der Waals surface area contributed by atoms with Gasteiger partial charge in [0.25, 0.3) is 5.91 Å². The Morgan fingerprint density at radius 1 is 1.52 bits per heavy atom. The second-order valence-electron chi connectivity index (χ2n) is 6.99. The van der Waals surface area contributed by atoms with Crippen LogP contribution in [0.5, 0.6) is 5.75 Å². The topological polar surface area (TPSA) is 97.8 Å². The Morgan fingerprint density at radius 2 is 2.34 bits per heavy atom. The highest BCUT2D eigenvalue weighted by atomic mass is 32.1. The van der Waals surface area contributed by atoms with Crippen molar-refractivity contribution in [2.45, 2.75) is 31.8 Å². The van der Waals surface area contributed by atoms with Gasteiger partial charge >= 0.3 is 5.97 Å². The zero-order chi connectivity index (χ0) is 20.6. The van der Waals surface area contributed by atoms with Gasteiger partial charge in [0.2, 0.25) is 10.6 Å². The first-order valence-electron chi connectivity index (χ1n) is 9.40. The molecule has 2 aliphatic heterocycles. The van der Waals surface area contributed by atoms with Gasteiger partial charge in [-0.1, -0.05) is 18.8 Å². The molecule has 2 atom stereocenters. The summed E-state index contributed by atoms with van der Waals surface area (Å²) in [4.78, 5) is 29.4. The molecule has 1 saturated heterocycles. The van der Waals surface area contributed by atoms with Crippen molar-refractivity contribution < 1.29 is 24.2 Å². The standard InChI is InChI=1S/C21H20N2O5S/c1-3-27-19(24)18-23-16-14-10-13(6-7-21(26)8-9-22-20(21)25)4-5-15(14)28-11-12(2)17(16)29-18/h4-5,10,12,26H,3,8-9,11H2,1-2H3,(H,22,25)/t12?,21-/m0/s1. The van der Waals surface area contributed by atoms with Gasteiger partial charge in [-0.15, -0.1) is 11.3 Å². The molecule has 4 rings (SSSR count). The van der Waals surface area contributed by atoms with E-state index >= 15 is 0 Å². The molecular formula is C21H20N2O5S. The van der Waals surface area contributed by atoms with Crippen molar-refractivity contribution in [2.75, 3.05) is 19.8 Å². The Kier molecular flexibility index (Phi) is 5.03. The summed E-state index contributed by atoms with van der Waals surface area (Å²) in [5.41, 5.74) is 0.359. The molecule has 0 spiro atoms. The maximum Gasteiger partial charge on any atom is 0.367 e. The van der Waals surface area contributed by atoms with Crippen LogP contribution in [0.4, 0.5) is 0 Å². The highest BCUT2D eigenvalue weighted by Gasteiger charge is 2.38. The second-order valence-corrected chi connectivity index (χ2v) is 8.02. The highest BCUT2D eigenvalue weighted by Crippen LogP contribution is 2.42.